The SMILES string of the molecule is CCC1CN(c2nc(Br)cs2)CCCO1. The number of aromatic nitrogens is 1. The summed E-state index contributed by atoms with van der Waals surface area (Å²) in [5.74, 6) is 0. The third-order valence-electron chi connectivity index (χ3n) is 2.54. The molecule has 84 valence electrons. The summed E-state index contributed by atoms with van der Waals surface area (Å²) in [6.07, 6.45) is 2.52. The summed E-state index contributed by atoms with van der Waals surface area (Å²) in [5.41, 5.74) is 0. The monoisotopic (exact) mass is 290 g/mol. The molecule has 0 N–H and O–H groups in total. The van der Waals surface area contributed by atoms with Gasteiger partial charge in [-0.1, -0.05) is 6.92 Å². The number of hydrogen-bond donors (Lipinski definition) is 0. The van der Waals surface area contributed by atoms with Gasteiger partial charge in [-0.25, -0.2) is 4.98 Å². The second-order valence-electron chi connectivity index (χ2n) is 3.65. The van der Waals surface area contributed by atoms with Crippen molar-refractivity contribution in [2.75, 3.05) is 24.6 Å². The quantitative estimate of drug-likeness (QED) is 0.837. The van der Waals surface area contributed by atoms with Crippen LogP contribution in [0.1, 0.15) is 19.8 Å². The van der Waals surface area contributed by atoms with Gasteiger partial charge >= 0.3 is 0 Å². The van der Waals surface area contributed by atoms with Crippen LogP contribution in [0.15, 0.2) is 9.98 Å². The first-order valence-corrected chi connectivity index (χ1v) is 6.94. The highest BCUT2D eigenvalue weighted by molar-refractivity contribution is 9.10. The van der Waals surface area contributed by atoms with Crippen molar-refractivity contribution in [3.05, 3.63) is 9.98 Å². The summed E-state index contributed by atoms with van der Waals surface area (Å²) in [7, 11) is 0. The van der Waals surface area contributed by atoms with Gasteiger partial charge in [0.2, 0.25) is 0 Å². The molecule has 1 aliphatic rings. The van der Waals surface area contributed by atoms with Gasteiger partial charge in [0.15, 0.2) is 5.13 Å². The number of rotatable bonds is 2. The molecule has 5 heteroatoms. The predicted molar refractivity (Wildman–Crippen MR) is 66.7 cm³/mol. The molecule has 1 fully saturated rings. The van der Waals surface area contributed by atoms with Crippen molar-refractivity contribution in [3.63, 3.8) is 0 Å². The summed E-state index contributed by atoms with van der Waals surface area (Å²) in [6, 6.07) is 0. The van der Waals surface area contributed by atoms with Gasteiger partial charge in [-0.15, -0.1) is 11.3 Å². The van der Waals surface area contributed by atoms with Crippen LogP contribution in [0.3, 0.4) is 0 Å². The molecule has 1 aromatic rings. The van der Waals surface area contributed by atoms with Crippen LogP contribution in [0.5, 0.6) is 0 Å². The number of thiazole rings is 1. The molecule has 0 saturated carbocycles. The van der Waals surface area contributed by atoms with E-state index in [4.69, 9.17) is 4.74 Å². The van der Waals surface area contributed by atoms with Crippen LogP contribution >= 0.6 is 27.3 Å². The maximum Gasteiger partial charge on any atom is 0.186 e. The molecule has 0 aromatic carbocycles. The molecule has 1 atom stereocenters. The minimum atomic E-state index is 0.357. The molecule has 1 aliphatic heterocycles. The van der Waals surface area contributed by atoms with Crippen molar-refractivity contribution in [2.24, 2.45) is 0 Å². The van der Waals surface area contributed by atoms with Crippen molar-refractivity contribution >= 4 is 32.4 Å². The summed E-state index contributed by atoms with van der Waals surface area (Å²) < 4.78 is 6.67. The minimum Gasteiger partial charge on any atom is -0.376 e. The number of hydrogen-bond acceptors (Lipinski definition) is 4. The van der Waals surface area contributed by atoms with E-state index >= 15 is 0 Å². The second-order valence-corrected chi connectivity index (χ2v) is 5.30. The Kier molecular flexibility index (Phi) is 3.99. The van der Waals surface area contributed by atoms with Crippen LogP contribution in [0.2, 0.25) is 0 Å². The van der Waals surface area contributed by atoms with E-state index in [0.29, 0.717) is 6.10 Å². The third kappa shape index (κ3) is 2.92. The smallest absolute Gasteiger partial charge is 0.186 e. The van der Waals surface area contributed by atoms with E-state index in [1.54, 1.807) is 11.3 Å². The molecule has 3 nitrogen and oxygen atoms in total. The van der Waals surface area contributed by atoms with Crippen LogP contribution in [0, 0.1) is 0 Å². The Balaban J connectivity index is 2.07. The Labute approximate surface area is 103 Å². The van der Waals surface area contributed by atoms with Gasteiger partial charge in [0.1, 0.15) is 4.60 Å². The fourth-order valence-electron chi connectivity index (χ4n) is 1.71. The zero-order chi connectivity index (χ0) is 10.7. The van der Waals surface area contributed by atoms with E-state index < -0.39 is 0 Å². The molecule has 0 amide bonds. The zero-order valence-corrected chi connectivity index (χ0v) is 11.2. The maximum atomic E-state index is 5.73. The van der Waals surface area contributed by atoms with Gasteiger partial charge in [-0.2, -0.15) is 0 Å². The van der Waals surface area contributed by atoms with Crippen LogP contribution in [0.4, 0.5) is 5.13 Å². The Morgan fingerprint density at radius 2 is 2.60 bits per heavy atom. The molecule has 15 heavy (non-hydrogen) atoms. The zero-order valence-electron chi connectivity index (χ0n) is 8.78. The molecule has 2 heterocycles. The summed E-state index contributed by atoms with van der Waals surface area (Å²) in [4.78, 5) is 6.78. The lowest BCUT2D eigenvalue weighted by molar-refractivity contribution is 0.0664. The number of nitrogens with zero attached hydrogens (tertiary/aromatic N) is 2. The van der Waals surface area contributed by atoms with E-state index in [1.165, 1.54) is 0 Å². The van der Waals surface area contributed by atoms with Crippen LogP contribution < -0.4 is 4.90 Å². The fourth-order valence-corrected chi connectivity index (χ4v) is 2.99. The molecule has 0 aliphatic carbocycles. The van der Waals surface area contributed by atoms with Crippen LogP contribution in [-0.2, 0) is 4.74 Å². The van der Waals surface area contributed by atoms with Crippen molar-refractivity contribution in [3.8, 4) is 0 Å². The first kappa shape index (κ1) is 11.4. The number of anilines is 1. The minimum absolute atomic E-state index is 0.357. The van der Waals surface area contributed by atoms with Gasteiger partial charge < -0.3 is 9.64 Å². The highest BCUT2D eigenvalue weighted by Crippen LogP contribution is 2.25. The number of halogens is 1. The Morgan fingerprint density at radius 3 is 3.27 bits per heavy atom. The van der Waals surface area contributed by atoms with Gasteiger partial charge in [-0.05, 0) is 28.8 Å². The van der Waals surface area contributed by atoms with Crippen molar-refractivity contribution in [1.29, 1.82) is 0 Å². The molecule has 0 bridgehead atoms. The van der Waals surface area contributed by atoms with E-state index in [9.17, 15) is 0 Å². The van der Waals surface area contributed by atoms with E-state index in [2.05, 4.69) is 32.7 Å². The number of ether oxygens (including phenoxy) is 1. The summed E-state index contributed by atoms with van der Waals surface area (Å²) >= 11 is 5.08. The van der Waals surface area contributed by atoms with E-state index in [-0.39, 0.29) is 0 Å². The topological polar surface area (TPSA) is 25.4 Å². The first-order valence-electron chi connectivity index (χ1n) is 5.27. The average Bonchev–Trinajstić information content (AvgIpc) is 2.54. The molecule has 1 aromatic heterocycles. The molecular formula is C10H15BrN2OS. The average molecular weight is 291 g/mol. The lowest BCUT2D eigenvalue weighted by Gasteiger charge is -2.22. The fraction of sp³-hybridized carbons (Fsp3) is 0.700. The van der Waals surface area contributed by atoms with Crippen molar-refractivity contribution < 1.29 is 4.74 Å². The Morgan fingerprint density at radius 1 is 1.73 bits per heavy atom. The summed E-state index contributed by atoms with van der Waals surface area (Å²) in [6.45, 7) is 5.07. The van der Waals surface area contributed by atoms with Crippen LogP contribution in [0.25, 0.3) is 0 Å². The highest BCUT2D eigenvalue weighted by atomic mass is 79.9. The lowest BCUT2D eigenvalue weighted by Crippen LogP contribution is -2.31. The maximum absolute atomic E-state index is 5.73. The lowest BCUT2D eigenvalue weighted by atomic mass is 10.2. The molecule has 2 rings (SSSR count). The standard InChI is InChI=1S/C10H15BrN2OS/c1-2-8-6-13(4-3-5-14-8)10-12-9(11)7-15-10/h7-8H,2-6H2,1H3. The van der Waals surface area contributed by atoms with Crippen molar-refractivity contribution in [1.82, 2.24) is 4.98 Å². The highest BCUT2D eigenvalue weighted by Gasteiger charge is 2.19. The molecule has 0 radical (unpaired) electrons. The second kappa shape index (κ2) is 5.27. The van der Waals surface area contributed by atoms with Gasteiger partial charge in [0.05, 0.1) is 6.10 Å². The van der Waals surface area contributed by atoms with Crippen molar-refractivity contribution in [2.45, 2.75) is 25.9 Å². The van der Waals surface area contributed by atoms with Gasteiger partial charge in [0.25, 0.3) is 0 Å². The molecule has 1 unspecified atom stereocenters. The Hall–Kier alpha value is -0.130. The van der Waals surface area contributed by atoms with Crippen LogP contribution in [-0.4, -0.2) is 30.8 Å². The largest absolute Gasteiger partial charge is 0.376 e. The molecule has 1 saturated heterocycles. The predicted octanol–water partition coefficient (Wildman–Crippen LogP) is 2.91. The third-order valence-corrected chi connectivity index (χ3v) is 4.15. The molecule has 0 spiro atoms. The molecular weight excluding hydrogens is 276 g/mol. The Bertz CT molecular complexity index is 318. The summed E-state index contributed by atoms with van der Waals surface area (Å²) in [5, 5.41) is 3.13. The normalized spacial score (nSPS) is 22.8. The van der Waals surface area contributed by atoms with E-state index in [1.807, 2.05) is 5.38 Å². The van der Waals surface area contributed by atoms with Gasteiger partial charge in [0, 0.05) is 25.1 Å². The first-order chi connectivity index (χ1) is 7.29. The van der Waals surface area contributed by atoms with Gasteiger partial charge in [-0.3, -0.25) is 0 Å². The van der Waals surface area contributed by atoms with E-state index in [0.717, 1.165) is 42.3 Å².